The Labute approximate surface area is 85.3 Å². The van der Waals surface area contributed by atoms with Gasteiger partial charge in [0.15, 0.2) is 0 Å². The first kappa shape index (κ1) is 9.53. The maximum absolute atomic E-state index is 5.74. The summed E-state index contributed by atoms with van der Waals surface area (Å²) in [6.07, 6.45) is 1.33. The van der Waals surface area contributed by atoms with Crippen LogP contribution < -0.4 is 5.32 Å². The van der Waals surface area contributed by atoms with Crippen LogP contribution in [0.1, 0.15) is 31.9 Å². The summed E-state index contributed by atoms with van der Waals surface area (Å²) < 4.78 is 5.74. The number of benzene rings is 1. The van der Waals surface area contributed by atoms with E-state index in [4.69, 9.17) is 4.74 Å². The number of nitrogens with one attached hydrogen (secondary N) is 1. The van der Waals surface area contributed by atoms with Gasteiger partial charge in [0.05, 0.1) is 6.10 Å². The van der Waals surface area contributed by atoms with Gasteiger partial charge >= 0.3 is 0 Å². The molecule has 0 amide bonds. The van der Waals surface area contributed by atoms with Crippen LogP contribution in [0.4, 0.5) is 5.69 Å². The summed E-state index contributed by atoms with van der Waals surface area (Å²) in [5, 5.41) is 3.47. The second-order valence-electron chi connectivity index (χ2n) is 3.81. The molecule has 2 nitrogen and oxygen atoms in total. The lowest BCUT2D eigenvalue weighted by atomic mass is 9.96. The third-order valence-electron chi connectivity index (χ3n) is 2.65. The van der Waals surface area contributed by atoms with Gasteiger partial charge < -0.3 is 10.1 Å². The molecular weight excluding hydrogens is 174 g/mol. The van der Waals surface area contributed by atoms with E-state index in [1.165, 1.54) is 11.3 Å². The third kappa shape index (κ3) is 1.75. The van der Waals surface area contributed by atoms with Crippen molar-refractivity contribution >= 4 is 5.69 Å². The molecule has 1 aromatic rings. The van der Waals surface area contributed by atoms with Crippen molar-refractivity contribution in [2.24, 2.45) is 0 Å². The number of hydrogen-bond donors (Lipinski definition) is 1. The molecule has 2 atom stereocenters. The molecule has 1 aliphatic heterocycles. The summed E-state index contributed by atoms with van der Waals surface area (Å²) in [4.78, 5) is 0. The number of anilines is 1. The molecule has 1 N–H and O–H groups in total. The van der Waals surface area contributed by atoms with Crippen LogP contribution in [0.25, 0.3) is 0 Å². The standard InChI is InChI=1S/C12H17NO/c1-3-14-12-8-9(2)13-11-7-5-4-6-10(11)12/h4-7,9,12-13H,3,8H2,1-2H3/t9-,12+/m0/s1. The number of ether oxygens (including phenoxy) is 1. The first-order valence-electron chi connectivity index (χ1n) is 5.28. The van der Waals surface area contributed by atoms with E-state index < -0.39 is 0 Å². The van der Waals surface area contributed by atoms with Crippen molar-refractivity contribution in [1.82, 2.24) is 0 Å². The molecule has 0 saturated carbocycles. The zero-order valence-electron chi connectivity index (χ0n) is 8.79. The van der Waals surface area contributed by atoms with E-state index in [9.17, 15) is 0 Å². The molecule has 0 radical (unpaired) electrons. The Hall–Kier alpha value is -1.02. The molecule has 0 saturated heterocycles. The van der Waals surface area contributed by atoms with Crippen LogP contribution in [-0.4, -0.2) is 12.6 Å². The fourth-order valence-corrected chi connectivity index (χ4v) is 2.04. The highest BCUT2D eigenvalue weighted by Gasteiger charge is 2.23. The second kappa shape index (κ2) is 4.01. The summed E-state index contributed by atoms with van der Waals surface area (Å²) in [7, 11) is 0. The SMILES string of the molecule is CCO[C@@H]1C[C@H](C)Nc2ccccc21. The number of fused-ring (bicyclic) bond motifs is 1. The molecule has 76 valence electrons. The molecule has 2 rings (SSSR count). The average molecular weight is 191 g/mol. The summed E-state index contributed by atoms with van der Waals surface area (Å²) in [5.74, 6) is 0. The van der Waals surface area contributed by atoms with Gasteiger partial charge in [0.25, 0.3) is 0 Å². The van der Waals surface area contributed by atoms with Crippen molar-refractivity contribution in [2.75, 3.05) is 11.9 Å². The van der Waals surface area contributed by atoms with Gasteiger partial charge in [0.1, 0.15) is 0 Å². The van der Waals surface area contributed by atoms with Crippen LogP contribution in [0.15, 0.2) is 24.3 Å². The minimum absolute atomic E-state index is 0.271. The van der Waals surface area contributed by atoms with Gasteiger partial charge in [-0.15, -0.1) is 0 Å². The van der Waals surface area contributed by atoms with Crippen LogP contribution in [0, 0.1) is 0 Å². The zero-order chi connectivity index (χ0) is 9.97. The Morgan fingerprint density at radius 3 is 3.00 bits per heavy atom. The van der Waals surface area contributed by atoms with Gasteiger partial charge in [-0.25, -0.2) is 0 Å². The summed E-state index contributed by atoms with van der Waals surface area (Å²) in [5.41, 5.74) is 2.53. The molecular formula is C12H17NO. The van der Waals surface area contributed by atoms with E-state index >= 15 is 0 Å². The van der Waals surface area contributed by atoms with E-state index in [0.717, 1.165) is 13.0 Å². The van der Waals surface area contributed by atoms with Crippen molar-refractivity contribution in [2.45, 2.75) is 32.4 Å². The Morgan fingerprint density at radius 1 is 1.43 bits per heavy atom. The fraction of sp³-hybridized carbons (Fsp3) is 0.500. The molecule has 1 heterocycles. The van der Waals surface area contributed by atoms with Crippen molar-refractivity contribution in [3.63, 3.8) is 0 Å². The van der Waals surface area contributed by atoms with E-state index in [1.807, 2.05) is 0 Å². The van der Waals surface area contributed by atoms with Gasteiger partial charge in [-0.05, 0) is 26.3 Å². The van der Waals surface area contributed by atoms with Gasteiger partial charge in [0, 0.05) is 23.9 Å². The Morgan fingerprint density at radius 2 is 2.21 bits per heavy atom. The average Bonchev–Trinajstić information content (AvgIpc) is 2.18. The minimum atomic E-state index is 0.271. The highest BCUT2D eigenvalue weighted by molar-refractivity contribution is 5.54. The first-order valence-corrected chi connectivity index (χ1v) is 5.28. The topological polar surface area (TPSA) is 21.3 Å². The van der Waals surface area contributed by atoms with E-state index in [2.05, 4.69) is 43.4 Å². The Kier molecular flexibility index (Phi) is 2.73. The van der Waals surface area contributed by atoms with E-state index in [-0.39, 0.29) is 6.10 Å². The Bertz CT molecular complexity index is 311. The van der Waals surface area contributed by atoms with Crippen molar-refractivity contribution in [1.29, 1.82) is 0 Å². The molecule has 0 unspecified atom stereocenters. The van der Waals surface area contributed by atoms with E-state index in [0.29, 0.717) is 6.04 Å². The van der Waals surface area contributed by atoms with E-state index in [1.54, 1.807) is 0 Å². The van der Waals surface area contributed by atoms with Crippen LogP contribution in [0.5, 0.6) is 0 Å². The monoisotopic (exact) mass is 191 g/mol. The molecule has 0 spiro atoms. The molecule has 0 aliphatic carbocycles. The van der Waals surface area contributed by atoms with Crippen LogP contribution >= 0.6 is 0 Å². The molecule has 1 aromatic carbocycles. The predicted molar refractivity (Wildman–Crippen MR) is 58.5 cm³/mol. The quantitative estimate of drug-likeness (QED) is 0.776. The van der Waals surface area contributed by atoms with Gasteiger partial charge in [-0.1, -0.05) is 18.2 Å². The smallest absolute Gasteiger partial charge is 0.0864 e. The van der Waals surface area contributed by atoms with Crippen molar-refractivity contribution in [3.8, 4) is 0 Å². The fourth-order valence-electron chi connectivity index (χ4n) is 2.04. The summed E-state index contributed by atoms with van der Waals surface area (Å²) >= 11 is 0. The van der Waals surface area contributed by atoms with Gasteiger partial charge in [0.2, 0.25) is 0 Å². The molecule has 0 fully saturated rings. The summed E-state index contributed by atoms with van der Waals surface area (Å²) in [6.45, 7) is 5.03. The Balaban J connectivity index is 2.28. The molecule has 2 heteroatoms. The number of para-hydroxylation sites is 1. The maximum Gasteiger partial charge on any atom is 0.0864 e. The lowest BCUT2D eigenvalue weighted by Gasteiger charge is -2.31. The van der Waals surface area contributed by atoms with Crippen molar-refractivity contribution < 1.29 is 4.74 Å². The number of rotatable bonds is 2. The lowest BCUT2D eigenvalue weighted by Crippen LogP contribution is -2.26. The zero-order valence-corrected chi connectivity index (χ0v) is 8.79. The molecule has 0 bridgehead atoms. The highest BCUT2D eigenvalue weighted by Crippen LogP contribution is 2.34. The largest absolute Gasteiger partial charge is 0.382 e. The highest BCUT2D eigenvalue weighted by atomic mass is 16.5. The molecule has 14 heavy (non-hydrogen) atoms. The third-order valence-corrected chi connectivity index (χ3v) is 2.65. The van der Waals surface area contributed by atoms with Gasteiger partial charge in [-0.2, -0.15) is 0 Å². The first-order chi connectivity index (χ1) is 6.81. The maximum atomic E-state index is 5.74. The minimum Gasteiger partial charge on any atom is -0.382 e. The normalized spacial score (nSPS) is 25.3. The lowest BCUT2D eigenvalue weighted by molar-refractivity contribution is 0.0512. The van der Waals surface area contributed by atoms with Crippen LogP contribution in [0.2, 0.25) is 0 Å². The van der Waals surface area contributed by atoms with Crippen LogP contribution in [-0.2, 0) is 4.74 Å². The van der Waals surface area contributed by atoms with Gasteiger partial charge in [-0.3, -0.25) is 0 Å². The van der Waals surface area contributed by atoms with Crippen molar-refractivity contribution in [3.05, 3.63) is 29.8 Å². The second-order valence-corrected chi connectivity index (χ2v) is 3.81. The predicted octanol–water partition coefficient (Wildman–Crippen LogP) is 2.97. The molecule has 0 aromatic heterocycles. The summed E-state index contributed by atoms with van der Waals surface area (Å²) in [6, 6.07) is 8.91. The number of hydrogen-bond acceptors (Lipinski definition) is 2. The molecule has 1 aliphatic rings. The van der Waals surface area contributed by atoms with Crippen LogP contribution in [0.3, 0.4) is 0 Å².